The first kappa shape index (κ1) is 25.7. The normalized spacial score (nSPS) is 16.9. The molecule has 2 heterocycles. The molecule has 0 aromatic heterocycles. The van der Waals surface area contributed by atoms with Crippen LogP contribution in [0.5, 0.6) is 0 Å². The minimum absolute atomic E-state index is 0.0341. The van der Waals surface area contributed by atoms with Crippen molar-refractivity contribution in [1.82, 2.24) is 9.80 Å². The molecule has 2 aromatic carbocycles. The van der Waals surface area contributed by atoms with Gasteiger partial charge in [0, 0.05) is 30.5 Å². The Morgan fingerprint density at radius 2 is 0.944 bits per heavy atom. The van der Waals surface area contributed by atoms with Gasteiger partial charge in [0.1, 0.15) is 0 Å². The second-order valence-electron chi connectivity index (χ2n) is 8.24. The topological polar surface area (TPSA) is 151 Å². The highest BCUT2D eigenvalue weighted by Crippen LogP contribution is 2.30. The summed E-state index contributed by atoms with van der Waals surface area (Å²) in [6.07, 6.45) is -2.69. The first-order chi connectivity index (χ1) is 17.3. The van der Waals surface area contributed by atoms with Crippen molar-refractivity contribution in [3.05, 3.63) is 70.8 Å². The van der Waals surface area contributed by atoms with E-state index in [1.807, 2.05) is 0 Å². The Hall–Kier alpha value is -3.34. The smallest absolute Gasteiger partial charge is 0.364 e. The van der Waals surface area contributed by atoms with Gasteiger partial charge in [-0.2, -0.15) is 0 Å². The second kappa shape index (κ2) is 11.2. The van der Waals surface area contributed by atoms with E-state index in [2.05, 4.69) is 0 Å². The lowest BCUT2D eigenvalue weighted by atomic mass is 10.1. The number of hydrogen-bond donors (Lipinski definition) is 2. The molecule has 0 bridgehead atoms. The van der Waals surface area contributed by atoms with E-state index < -0.39 is 44.5 Å². The van der Waals surface area contributed by atoms with Gasteiger partial charge < -0.3 is 10.2 Å². The number of aliphatic hydroxyl groups excluding tert-OH is 2. The van der Waals surface area contributed by atoms with Crippen LogP contribution in [0.15, 0.2) is 48.5 Å². The van der Waals surface area contributed by atoms with Gasteiger partial charge in [-0.3, -0.25) is 29.0 Å². The third-order valence-corrected chi connectivity index (χ3v) is 6.67. The molecule has 2 N–H and O–H groups in total. The molecule has 4 amide bonds. The van der Waals surface area contributed by atoms with Crippen LogP contribution in [0.3, 0.4) is 0 Å². The maximum absolute atomic E-state index is 12.3. The van der Waals surface area contributed by atoms with E-state index >= 15 is 0 Å². The summed E-state index contributed by atoms with van der Waals surface area (Å²) in [4.78, 5) is 51.4. The van der Waals surface area contributed by atoms with Crippen LogP contribution in [0, 0.1) is 0 Å². The van der Waals surface area contributed by atoms with Crippen LogP contribution < -0.4 is 0 Å². The van der Waals surface area contributed by atoms with E-state index in [0.717, 1.165) is 9.80 Å². The minimum Gasteiger partial charge on any atom is -0.364 e. The van der Waals surface area contributed by atoms with Crippen molar-refractivity contribution in [2.45, 2.75) is 38.3 Å². The average Bonchev–Trinajstić information content (AvgIpc) is 3.24. The summed E-state index contributed by atoms with van der Waals surface area (Å²) in [6, 6.07) is 12.9. The number of amides is 4. The molecule has 0 radical (unpaired) electrons. The van der Waals surface area contributed by atoms with Gasteiger partial charge >= 0.3 is 8.25 Å². The van der Waals surface area contributed by atoms with E-state index in [4.69, 9.17) is 9.05 Å². The monoisotopic (exact) mass is 515 g/mol. The van der Waals surface area contributed by atoms with Crippen LogP contribution in [0.4, 0.5) is 0 Å². The quantitative estimate of drug-likeness (QED) is 0.247. The number of fused-ring (bicyclic) bond motifs is 2. The fourth-order valence-corrected chi connectivity index (χ4v) is 4.72. The number of nitrogens with zero attached hydrogens (tertiary/aromatic N) is 2. The van der Waals surface area contributed by atoms with Crippen molar-refractivity contribution in [2.75, 3.05) is 13.1 Å². The fourth-order valence-electron chi connectivity index (χ4n) is 4.06. The molecule has 4 rings (SSSR count). The van der Waals surface area contributed by atoms with Crippen LogP contribution in [0.1, 0.15) is 67.1 Å². The zero-order valence-corrected chi connectivity index (χ0v) is 20.0. The van der Waals surface area contributed by atoms with Gasteiger partial charge in [-0.1, -0.05) is 33.3 Å². The highest BCUT2D eigenvalue weighted by molar-refractivity contribution is 7.33. The summed E-state index contributed by atoms with van der Waals surface area (Å²) >= 11 is 0. The van der Waals surface area contributed by atoms with Gasteiger partial charge in [0.15, 0.2) is 0 Å². The lowest BCUT2D eigenvalue weighted by molar-refractivity contribution is -0.0653. The molecule has 2 aliphatic rings. The number of carbonyl (C=O) groups is 4. The van der Waals surface area contributed by atoms with Crippen molar-refractivity contribution >= 4 is 31.9 Å². The Labute approximate surface area is 207 Å². The van der Waals surface area contributed by atoms with Crippen LogP contribution in [-0.2, 0) is 13.6 Å². The maximum atomic E-state index is 12.3. The Morgan fingerprint density at radius 1 is 0.639 bits per heavy atom. The number of rotatable bonds is 12. The molecule has 36 heavy (non-hydrogen) atoms. The van der Waals surface area contributed by atoms with Gasteiger partial charge in [-0.15, -0.1) is 0 Å². The molecular weight excluding hydrogens is 491 g/mol. The van der Waals surface area contributed by atoms with Gasteiger partial charge in [0.05, 0.1) is 22.3 Å². The van der Waals surface area contributed by atoms with Crippen molar-refractivity contribution in [3.63, 3.8) is 0 Å². The largest absolute Gasteiger partial charge is 0.702 e. The van der Waals surface area contributed by atoms with E-state index in [0.29, 0.717) is 22.3 Å². The van der Waals surface area contributed by atoms with Crippen molar-refractivity contribution < 1.29 is 43.0 Å². The van der Waals surface area contributed by atoms with Crippen LogP contribution in [0.2, 0.25) is 0 Å². The molecule has 2 aliphatic heterocycles. The Bertz CT molecular complexity index is 1060. The highest BCUT2D eigenvalue weighted by Gasteiger charge is 2.36. The average molecular weight is 515 g/mol. The molecule has 2 atom stereocenters. The third-order valence-electron chi connectivity index (χ3n) is 5.84. The molecule has 2 aromatic rings. The molecule has 0 aliphatic carbocycles. The molecular formula is C24H24N2O9P+. The lowest BCUT2D eigenvalue weighted by Crippen LogP contribution is -2.31. The predicted molar refractivity (Wildman–Crippen MR) is 124 cm³/mol. The summed E-state index contributed by atoms with van der Waals surface area (Å²) in [5.74, 6) is -1.65. The highest BCUT2D eigenvalue weighted by atomic mass is 31.1. The molecule has 0 saturated heterocycles. The molecule has 0 spiro atoms. The second-order valence-corrected chi connectivity index (χ2v) is 9.11. The number of hydrogen-bond acceptors (Lipinski definition) is 9. The van der Waals surface area contributed by atoms with Crippen molar-refractivity contribution in [2.24, 2.45) is 0 Å². The van der Waals surface area contributed by atoms with Crippen LogP contribution >= 0.6 is 8.25 Å². The summed E-state index contributed by atoms with van der Waals surface area (Å²) in [6.45, 7) is 0.0929. The van der Waals surface area contributed by atoms with E-state index in [9.17, 15) is 34.0 Å². The van der Waals surface area contributed by atoms with Crippen molar-refractivity contribution in [1.29, 1.82) is 0 Å². The predicted octanol–water partition coefficient (Wildman–Crippen LogP) is 2.47. The van der Waals surface area contributed by atoms with Crippen molar-refractivity contribution in [3.8, 4) is 0 Å². The Kier molecular flexibility index (Phi) is 7.97. The molecule has 188 valence electrons. The maximum Gasteiger partial charge on any atom is 0.702 e. The number of aliphatic hydroxyl groups is 2. The SMILES string of the molecule is O=C1c2ccccc2C(=O)N1CCCC(O)O[P+](=O)OC(O)CCCN1C(=O)c2ccccc2C1=O. The van der Waals surface area contributed by atoms with Gasteiger partial charge in [0.2, 0.25) is 12.6 Å². The zero-order valence-electron chi connectivity index (χ0n) is 19.1. The molecule has 12 heteroatoms. The summed E-state index contributed by atoms with van der Waals surface area (Å²) < 4.78 is 21.6. The number of carbonyl (C=O) groups excluding carboxylic acids is 4. The van der Waals surface area contributed by atoms with Gasteiger partial charge in [-0.05, 0) is 37.1 Å². The first-order valence-electron chi connectivity index (χ1n) is 11.4. The number of imide groups is 2. The molecule has 0 saturated carbocycles. The van der Waals surface area contributed by atoms with Gasteiger partial charge in [-0.25, -0.2) is 0 Å². The Balaban J connectivity index is 1.13. The van der Waals surface area contributed by atoms with Crippen LogP contribution in [-0.4, -0.2) is 69.3 Å². The van der Waals surface area contributed by atoms with Gasteiger partial charge in [0.25, 0.3) is 23.6 Å². The minimum atomic E-state index is -2.87. The standard InChI is InChI=1S/C24H24N2O9P/c27-19(11-5-13-25-21(29)15-7-1-2-8-16(15)22(25)30)34-36(33)35-20(28)12-6-14-26-23(31)17-9-3-4-10-18(17)24(26)32/h1-4,7-10,19-20,27-28H,5-6,11-14H2/q+1. The Morgan fingerprint density at radius 3 is 1.25 bits per heavy atom. The van der Waals surface area contributed by atoms with E-state index in [1.165, 1.54) is 0 Å². The molecule has 11 nitrogen and oxygen atoms in total. The van der Waals surface area contributed by atoms with Crippen LogP contribution in [0.25, 0.3) is 0 Å². The van der Waals surface area contributed by atoms with E-state index in [-0.39, 0.29) is 38.8 Å². The molecule has 0 fully saturated rings. The lowest BCUT2D eigenvalue weighted by Gasteiger charge is -2.14. The first-order valence-corrected chi connectivity index (χ1v) is 12.4. The number of benzene rings is 2. The summed E-state index contributed by atoms with van der Waals surface area (Å²) in [5, 5.41) is 19.9. The summed E-state index contributed by atoms with van der Waals surface area (Å²) in [7, 11) is -2.87. The third kappa shape index (κ3) is 5.40. The summed E-state index contributed by atoms with van der Waals surface area (Å²) in [5.41, 5.74) is 1.31. The molecule has 2 unspecified atom stereocenters. The fraction of sp³-hybridized carbons (Fsp3) is 0.333. The zero-order chi connectivity index (χ0) is 25.8. The van der Waals surface area contributed by atoms with E-state index in [1.54, 1.807) is 48.5 Å².